The molecule has 0 bridgehead atoms. The van der Waals surface area contributed by atoms with Gasteiger partial charge < -0.3 is 9.47 Å². The molecule has 1 aromatic rings. The number of nitrogens with one attached hydrogen (secondary N) is 1. The second kappa shape index (κ2) is 7.41. The van der Waals surface area contributed by atoms with Gasteiger partial charge in [-0.25, -0.2) is 4.72 Å². The summed E-state index contributed by atoms with van der Waals surface area (Å²) >= 11 is 0. The maximum Gasteiger partial charge on any atom is 0.279 e. The lowest BCUT2D eigenvalue weighted by molar-refractivity contribution is -0.0443. The van der Waals surface area contributed by atoms with Crippen molar-refractivity contribution in [2.75, 3.05) is 26.7 Å². The van der Waals surface area contributed by atoms with E-state index in [1.54, 1.807) is 7.11 Å². The molecule has 1 N–H and O–H groups in total. The van der Waals surface area contributed by atoms with E-state index < -0.39 is 10.2 Å². The fourth-order valence-corrected chi connectivity index (χ4v) is 3.89. The molecule has 0 aromatic heterocycles. The lowest BCUT2D eigenvalue weighted by Crippen LogP contribution is -2.52. The summed E-state index contributed by atoms with van der Waals surface area (Å²) in [4.78, 5) is 0. The molecule has 2 unspecified atom stereocenters. The van der Waals surface area contributed by atoms with Gasteiger partial charge in [-0.3, -0.25) is 0 Å². The molecule has 22 heavy (non-hydrogen) atoms. The number of hydrogen-bond donors (Lipinski definition) is 1. The zero-order valence-corrected chi connectivity index (χ0v) is 14.1. The lowest BCUT2D eigenvalue weighted by atomic mass is 10.1. The number of methoxy groups -OCH3 is 1. The van der Waals surface area contributed by atoms with E-state index in [1.165, 1.54) is 4.31 Å². The standard InChI is InChI=1S/C15H24N2O4S/c1-12-10-17(11-13(2)21-12)22(18,19)16-9-8-14-4-6-15(20-3)7-5-14/h4-7,12-13,16H,8-11H2,1-3H3. The third kappa shape index (κ3) is 4.67. The highest BCUT2D eigenvalue weighted by Crippen LogP contribution is 2.14. The minimum absolute atomic E-state index is 0.0816. The Balaban J connectivity index is 1.86. The summed E-state index contributed by atoms with van der Waals surface area (Å²) in [6.45, 7) is 4.92. The molecule has 1 aliphatic heterocycles. The van der Waals surface area contributed by atoms with E-state index in [1.807, 2.05) is 38.1 Å². The molecule has 0 radical (unpaired) electrons. The molecule has 0 amide bonds. The van der Waals surface area contributed by atoms with Crippen molar-refractivity contribution in [2.45, 2.75) is 32.5 Å². The van der Waals surface area contributed by atoms with Gasteiger partial charge in [0.05, 0.1) is 19.3 Å². The van der Waals surface area contributed by atoms with E-state index in [0.717, 1.165) is 11.3 Å². The van der Waals surface area contributed by atoms with Crippen LogP contribution in [0.1, 0.15) is 19.4 Å². The first kappa shape index (κ1) is 17.2. The summed E-state index contributed by atoms with van der Waals surface area (Å²) < 4.78 is 39.4. The van der Waals surface area contributed by atoms with Gasteiger partial charge >= 0.3 is 0 Å². The fourth-order valence-electron chi connectivity index (χ4n) is 2.53. The van der Waals surface area contributed by atoms with Crippen molar-refractivity contribution in [3.8, 4) is 5.75 Å². The molecule has 1 heterocycles. The van der Waals surface area contributed by atoms with Crippen LogP contribution < -0.4 is 9.46 Å². The minimum atomic E-state index is -3.45. The first-order valence-corrected chi connectivity index (χ1v) is 8.88. The monoisotopic (exact) mass is 328 g/mol. The smallest absolute Gasteiger partial charge is 0.279 e. The van der Waals surface area contributed by atoms with Crippen molar-refractivity contribution >= 4 is 10.2 Å². The average Bonchev–Trinajstić information content (AvgIpc) is 2.47. The first-order chi connectivity index (χ1) is 10.4. The van der Waals surface area contributed by atoms with Crippen LogP contribution in [0.15, 0.2) is 24.3 Å². The molecule has 1 aromatic carbocycles. The fraction of sp³-hybridized carbons (Fsp3) is 0.600. The Morgan fingerprint density at radius 3 is 2.36 bits per heavy atom. The van der Waals surface area contributed by atoms with Gasteiger partial charge in [0.25, 0.3) is 10.2 Å². The van der Waals surface area contributed by atoms with Gasteiger partial charge in [-0.05, 0) is 38.0 Å². The van der Waals surface area contributed by atoms with E-state index in [2.05, 4.69) is 4.72 Å². The SMILES string of the molecule is COc1ccc(CCNS(=O)(=O)N2CC(C)OC(C)C2)cc1. The Hall–Kier alpha value is -1.15. The van der Waals surface area contributed by atoms with Crippen LogP contribution in [0.4, 0.5) is 0 Å². The third-order valence-corrected chi connectivity index (χ3v) is 5.13. The van der Waals surface area contributed by atoms with Crippen LogP contribution in [0.25, 0.3) is 0 Å². The molecule has 1 fully saturated rings. The highest BCUT2D eigenvalue weighted by Gasteiger charge is 2.30. The predicted octanol–water partition coefficient (Wildman–Crippen LogP) is 1.18. The second-order valence-corrected chi connectivity index (χ2v) is 7.33. The molecule has 2 rings (SSSR count). The number of ether oxygens (including phenoxy) is 2. The summed E-state index contributed by atoms with van der Waals surface area (Å²) in [6, 6.07) is 7.61. The molecular formula is C15H24N2O4S. The van der Waals surface area contributed by atoms with Crippen LogP contribution in [-0.4, -0.2) is 51.7 Å². The topological polar surface area (TPSA) is 67.9 Å². The quantitative estimate of drug-likeness (QED) is 0.851. The van der Waals surface area contributed by atoms with E-state index in [0.29, 0.717) is 26.1 Å². The van der Waals surface area contributed by atoms with Crippen LogP contribution in [0, 0.1) is 0 Å². The summed E-state index contributed by atoms with van der Waals surface area (Å²) in [6.07, 6.45) is 0.474. The van der Waals surface area contributed by atoms with Crippen molar-refractivity contribution in [1.29, 1.82) is 0 Å². The first-order valence-electron chi connectivity index (χ1n) is 7.44. The van der Waals surface area contributed by atoms with Crippen LogP contribution in [0.5, 0.6) is 5.75 Å². The Bertz CT molecular complexity index is 564. The normalized spacial score (nSPS) is 23.4. The van der Waals surface area contributed by atoms with Crippen LogP contribution in [-0.2, 0) is 21.4 Å². The minimum Gasteiger partial charge on any atom is -0.497 e. The van der Waals surface area contributed by atoms with E-state index in [-0.39, 0.29) is 12.2 Å². The summed E-state index contributed by atoms with van der Waals surface area (Å²) in [5.41, 5.74) is 1.06. The largest absolute Gasteiger partial charge is 0.497 e. The molecule has 7 heteroatoms. The third-order valence-electron chi connectivity index (χ3n) is 3.58. The van der Waals surface area contributed by atoms with Gasteiger partial charge in [0.15, 0.2) is 0 Å². The Kier molecular flexibility index (Phi) is 5.80. The van der Waals surface area contributed by atoms with Crippen molar-refractivity contribution in [1.82, 2.24) is 9.03 Å². The van der Waals surface area contributed by atoms with Crippen molar-refractivity contribution < 1.29 is 17.9 Å². The van der Waals surface area contributed by atoms with Crippen molar-refractivity contribution in [3.63, 3.8) is 0 Å². The molecule has 0 spiro atoms. The number of morpholine rings is 1. The predicted molar refractivity (Wildman–Crippen MR) is 85.2 cm³/mol. The van der Waals surface area contributed by atoms with Crippen LogP contribution in [0.3, 0.4) is 0 Å². The lowest BCUT2D eigenvalue weighted by Gasteiger charge is -2.34. The van der Waals surface area contributed by atoms with Gasteiger partial charge in [-0.15, -0.1) is 0 Å². The molecule has 0 saturated carbocycles. The summed E-state index contributed by atoms with van der Waals surface area (Å²) in [5.74, 6) is 0.792. The zero-order valence-electron chi connectivity index (χ0n) is 13.3. The Morgan fingerprint density at radius 2 is 1.82 bits per heavy atom. The van der Waals surface area contributed by atoms with E-state index in [4.69, 9.17) is 9.47 Å². The molecule has 2 atom stereocenters. The number of hydrogen-bond acceptors (Lipinski definition) is 4. The average molecular weight is 328 g/mol. The number of benzene rings is 1. The maximum atomic E-state index is 12.3. The van der Waals surface area contributed by atoms with E-state index >= 15 is 0 Å². The van der Waals surface area contributed by atoms with Gasteiger partial charge in [0.1, 0.15) is 5.75 Å². The van der Waals surface area contributed by atoms with E-state index in [9.17, 15) is 8.42 Å². The molecule has 124 valence electrons. The highest BCUT2D eigenvalue weighted by atomic mass is 32.2. The molecule has 1 aliphatic rings. The van der Waals surface area contributed by atoms with Crippen LogP contribution in [0.2, 0.25) is 0 Å². The summed E-state index contributed by atoms with van der Waals surface area (Å²) in [5, 5.41) is 0. The zero-order chi connectivity index (χ0) is 16.2. The molecule has 0 aliphatic carbocycles. The van der Waals surface area contributed by atoms with Gasteiger partial charge in [0, 0.05) is 19.6 Å². The van der Waals surface area contributed by atoms with Crippen LogP contribution >= 0.6 is 0 Å². The Morgan fingerprint density at radius 1 is 1.23 bits per heavy atom. The number of rotatable bonds is 6. The number of nitrogens with zero attached hydrogens (tertiary/aromatic N) is 1. The maximum absolute atomic E-state index is 12.3. The Labute approximate surface area is 132 Å². The molecule has 1 saturated heterocycles. The summed E-state index contributed by atoms with van der Waals surface area (Å²) in [7, 11) is -1.83. The molecule has 6 nitrogen and oxygen atoms in total. The molecular weight excluding hydrogens is 304 g/mol. The highest BCUT2D eigenvalue weighted by molar-refractivity contribution is 7.87. The van der Waals surface area contributed by atoms with Crippen molar-refractivity contribution in [2.24, 2.45) is 0 Å². The van der Waals surface area contributed by atoms with Gasteiger partial charge in [-0.2, -0.15) is 12.7 Å². The van der Waals surface area contributed by atoms with Gasteiger partial charge in [0.2, 0.25) is 0 Å². The second-order valence-electron chi connectivity index (χ2n) is 5.57. The van der Waals surface area contributed by atoms with Gasteiger partial charge in [-0.1, -0.05) is 12.1 Å². The van der Waals surface area contributed by atoms with Crippen molar-refractivity contribution in [3.05, 3.63) is 29.8 Å².